The Hall–Kier alpha value is -5.52. The number of nitrogens with zero attached hydrogens (tertiary/aromatic N) is 2. The van der Waals surface area contributed by atoms with Crippen LogP contribution in [0.25, 0.3) is 0 Å². The number of benzodiazepines with no additional fused rings is 1. The highest BCUT2D eigenvalue weighted by molar-refractivity contribution is 6.21. The first-order chi connectivity index (χ1) is 20.0. The molecule has 1 unspecified atom stereocenters. The van der Waals surface area contributed by atoms with Gasteiger partial charge in [0.15, 0.2) is 0 Å². The maximum atomic E-state index is 14.0. The summed E-state index contributed by atoms with van der Waals surface area (Å²) in [4.78, 5) is 68.5. The van der Waals surface area contributed by atoms with Gasteiger partial charge in [-0.2, -0.15) is 0 Å². The Morgan fingerprint density at radius 2 is 1.74 bits per heavy atom. The standard InChI is InChI=1S/C30H29N5O7/c1-16-10-19(11-17(2)27(16)40)29(41)34-28-30(42)35(14-24(37)32-21(15-36)13-25(38)39)23-9-8-20(31)12-22(23)26(33-28)18-6-4-3-5-7-18/h3-12,15,21,28,40H,13-14,31H2,1-2H3,(H,32,37)(H,34,41)(H,38,39)/t21-,28?/m0/s1. The number of nitrogen functional groups attached to an aromatic ring is 1. The van der Waals surface area contributed by atoms with Gasteiger partial charge in [0.1, 0.15) is 18.6 Å². The quantitative estimate of drug-likeness (QED) is 0.189. The van der Waals surface area contributed by atoms with E-state index in [9.17, 15) is 29.1 Å². The summed E-state index contributed by atoms with van der Waals surface area (Å²) >= 11 is 0. The molecule has 0 saturated heterocycles. The Balaban J connectivity index is 1.78. The number of hydrogen-bond donors (Lipinski definition) is 5. The van der Waals surface area contributed by atoms with Crippen LogP contribution in [0.4, 0.5) is 11.4 Å². The molecule has 0 aliphatic carbocycles. The number of carbonyl (C=O) groups is 5. The van der Waals surface area contributed by atoms with Gasteiger partial charge in [0.25, 0.3) is 11.8 Å². The molecule has 6 N–H and O–H groups in total. The van der Waals surface area contributed by atoms with E-state index in [2.05, 4.69) is 15.6 Å². The zero-order chi connectivity index (χ0) is 30.6. The lowest BCUT2D eigenvalue weighted by Gasteiger charge is -2.25. The smallest absolute Gasteiger partial charge is 0.305 e. The number of rotatable bonds is 9. The number of phenolic OH excluding ortho intramolecular Hbond substituents is 1. The molecular formula is C30H29N5O7. The average Bonchev–Trinajstić information content (AvgIpc) is 3.05. The van der Waals surface area contributed by atoms with Crippen molar-refractivity contribution in [3.63, 3.8) is 0 Å². The normalized spacial score (nSPS) is 15.1. The van der Waals surface area contributed by atoms with Crippen LogP contribution in [0.1, 0.15) is 39.0 Å². The van der Waals surface area contributed by atoms with Gasteiger partial charge in [0.05, 0.1) is 23.9 Å². The highest BCUT2D eigenvalue weighted by Gasteiger charge is 2.35. The van der Waals surface area contributed by atoms with E-state index in [1.165, 1.54) is 12.1 Å². The van der Waals surface area contributed by atoms with Crippen LogP contribution in [-0.4, -0.2) is 64.7 Å². The Bertz CT molecular complexity index is 1580. The molecule has 1 heterocycles. The van der Waals surface area contributed by atoms with Crippen LogP contribution in [0.5, 0.6) is 5.75 Å². The number of benzene rings is 3. The van der Waals surface area contributed by atoms with E-state index in [0.29, 0.717) is 39.9 Å². The molecule has 12 nitrogen and oxygen atoms in total. The molecule has 0 aromatic heterocycles. The van der Waals surface area contributed by atoms with E-state index >= 15 is 0 Å². The number of carbonyl (C=O) groups excluding carboxylic acids is 4. The predicted molar refractivity (Wildman–Crippen MR) is 154 cm³/mol. The molecule has 42 heavy (non-hydrogen) atoms. The van der Waals surface area contributed by atoms with Crippen LogP contribution in [-0.2, 0) is 19.2 Å². The zero-order valence-corrected chi connectivity index (χ0v) is 22.8. The number of aromatic hydroxyl groups is 1. The molecule has 12 heteroatoms. The van der Waals surface area contributed by atoms with Gasteiger partial charge in [-0.25, -0.2) is 4.99 Å². The first-order valence-electron chi connectivity index (χ1n) is 12.9. The number of phenols is 1. The third kappa shape index (κ3) is 6.44. The van der Waals surface area contributed by atoms with Crippen molar-refractivity contribution in [2.45, 2.75) is 32.5 Å². The number of fused-ring (bicyclic) bond motifs is 1. The third-order valence-electron chi connectivity index (χ3n) is 6.60. The number of aldehydes is 1. The Kier molecular flexibility index (Phi) is 8.65. The van der Waals surface area contributed by atoms with Crippen molar-refractivity contribution in [1.82, 2.24) is 10.6 Å². The van der Waals surface area contributed by atoms with Crippen LogP contribution < -0.4 is 21.3 Å². The van der Waals surface area contributed by atoms with Gasteiger partial charge in [-0.15, -0.1) is 0 Å². The van der Waals surface area contributed by atoms with E-state index in [1.54, 1.807) is 62.4 Å². The van der Waals surface area contributed by atoms with Crippen molar-refractivity contribution in [3.8, 4) is 5.75 Å². The summed E-state index contributed by atoms with van der Waals surface area (Å²) in [5.74, 6) is -3.45. The van der Waals surface area contributed by atoms with Crippen molar-refractivity contribution in [1.29, 1.82) is 0 Å². The first kappa shape index (κ1) is 29.5. The highest BCUT2D eigenvalue weighted by Crippen LogP contribution is 2.30. The fourth-order valence-corrected chi connectivity index (χ4v) is 4.59. The SMILES string of the molecule is Cc1cc(C(=O)NC2N=C(c3ccccc3)c3cc(N)ccc3N(CC(=O)N[C@H](C=O)CC(=O)O)C2=O)cc(C)c1O. The van der Waals surface area contributed by atoms with Gasteiger partial charge in [0, 0.05) is 22.4 Å². The fourth-order valence-electron chi connectivity index (χ4n) is 4.59. The van der Waals surface area contributed by atoms with Gasteiger partial charge < -0.3 is 31.4 Å². The molecule has 2 atom stereocenters. The number of aliphatic carboxylic acids is 1. The number of amides is 3. The van der Waals surface area contributed by atoms with Gasteiger partial charge >= 0.3 is 5.97 Å². The largest absolute Gasteiger partial charge is 0.507 e. The minimum absolute atomic E-state index is 0.0447. The van der Waals surface area contributed by atoms with Gasteiger partial charge in [-0.05, 0) is 55.3 Å². The Morgan fingerprint density at radius 3 is 2.36 bits per heavy atom. The summed E-state index contributed by atoms with van der Waals surface area (Å²) in [7, 11) is 0. The number of carboxylic acids is 1. The fraction of sp³-hybridized carbons (Fsp3) is 0.200. The van der Waals surface area contributed by atoms with E-state index in [-0.39, 0.29) is 17.0 Å². The number of aliphatic imine (C=N–C) groups is 1. The number of carboxylic acid groups (broad SMARTS) is 1. The summed E-state index contributed by atoms with van der Waals surface area (Å²) < 4.78 is 0. The summed E-state index contributed by atoms with van der Waals surface area (Å²) in [6.45, 7) is 2.67. The predicted octanol–water partition coefficient (Wildman–Crippen LogP) is 1.69. The molecule has 0 spiro atoms. The molecule has 4 rings (SSSR count). The average molecular weight is 572 g/mol. The monoisotopic (exact) mass is 571 g/mol. The number of aryl methyl sites for hydroxylation is 2. The summed E-state index contributed by atoms with van der Waals surface area (Å²) in [6, 6.07) is 15.2. The van der Waals surface area contributed by atoms with Gasteiger partial charge in [-0.1, -0.05) is 30.3 Å². The van der Waals surface area contributed by atoms with Crippen molar-refractivity contribution in [2.24, 2.45) is 4.99 Å². The topological polar surface area (TPSA) is 191 Å². The lowest BCUT2D eigenvalue weighted by molar-refractivity contribution is -0.138. The second-order valence-electron chi connectivity index (χ2n) is 9.79. The molecule has 0 saturated carbocycles. The number of anilines is 2. The van der Waals surface area contributed by atoms with Gasteiger partial charge in [0.2, 0.25) is 12.1 Å². The van der Waals surface area contributed by atoms with E-state index in [1.807, 2.05) is 0 Å². The second-order valence-corrected chi connectivity index (χ2v) is 9.79. The highest BCUT2D eigenvalue weighted by atomic mass is 16.4. The van der Waals surface area contributed by atoms with Crippen LogP contribution in [0.2, 0.25) is 0 Å². The van der Waals surface area contributed by atoms with Crippen LogP contribution in [0, 0.1) is 13.8 Å². The summed E-state index contributed by atoms with van der Waals surface area (Å²) in [5.41, 5.74) is 9.18. The number of hydrogen-bond acceptors (Lipinski definition) is 8. The van der Waals surface area contributed by atoms with E-state index in [0.717, 1.165) is 4.90 Å². The minimum atomic E-state index is -1.50. The molecular weight excluding hydrogens is 542 g/mol. The molecule has 0 bridgehead atoms. The molecule has 3 amide bonds. The molecule has 1 aliphatic heterocycles. The molecule has 0 radical (unpaired) electrons. The van der Waals surface area contributed by atoms with Crippen LogP contribution in [0.15, 0.2) is 65.7 Å². The molecule has 216 valence electrons. The van der Waals surface area contributed by atoms with Crippen molar-refractivity contribution >= 4 is 47.1 Å². The van der Waals surface area contributed by atoms with Crippen LogP contribution >= 0.6 is 0 Å². The second kappa shape index (κ2) is 12.3. The van der Waals surface area contributed by atoms with Crippen LogP contribution in [0.3, 0.4) is 0 Å². The number of nitrogens with one attached hydrogen (secondary N) is 2. The Morgan fingerprint density at radius 1 is 1.07 bits per heavy atom. The van der Waals surface area contributed by atoms with Gasteiger partial charge in [-0.3, -0.25) is 24.1 Å². The maximum absolute atomic E-state index is 14.0. The molecule has 0 fully saturated rings. The third-order valence-corrected chi connectivity index (χ3v) is 6.60. The summed E-state index contributed by atoms with van der Waals surface area (Å²) in [6.07, 6.45) is -1.84. The van der Waals surface area contributed by atoms with Crippen molar-refractivity contribution in [3.05, 3.63) is 88.5 Å². The zero-order valence-electron chi connectivity index (χ0n) is 22.8. The lowest BCUT2D eigenvalue weighted by atomic mass is 9.99. The lowest BCUT2D eigenvalue weighted by Crippen LogP contribution is -2.51. The molecule has 1 aliphatic rings. The van der Waals surface area contributed by atoms with E-state index < -0.39 is 48.9 Å². The van der Waals surface area contributed by atoms with Crippen molar-refractivity contribution < 1.29 is 34.2 Å². The first-order valence-corrected chi connectivity index (χ1v) is 12.9. The maximum Gasteiger partial charge on any atom is 0.305 e. The summed E-state index contributed by atoms with van der Waals surface area (Å²) in [5, 5.41) is 24.1. The molecule has 3 aromatic rings. The molecule has 3 aromatic carbocycles. The Labute approximate surface area is 240 Å². The van der Waals surface area contributed by atoms with Crippen molar-refractivity contribution in [2.75, 3.05) is 17.2 Å². The number of nitrogens with two attached hydrogens (primary N) is 1. The van der Waals surface area contributed by atoms with E-state index in [4.69, 9.17) is 10.8 Å². The minimum Gasteiger partial charge on any atom is -0.507 e.